The maximum atomic E-state index is 11.1. The molecule has 0 spiro atoms. The summed E-state index contributed by atoms with van der Waals surface area (Å²) in [7, 11) is 1.54. The van der Waals surface area contributed by atoms with Crippen molar-refractivity contribution in [3.8, 4) is 6.01 Å². The highest BCUT2D eigenvalue weighted by atomic mass is 16.5. The van der Waals surface area contributed by atoms with Crippen molar-refractivity contribution in [2.75, 3.05) is 7.11 Å². The van der Waals surface area contributed by atoms with E-state index in [2.05, 4.69) is 9.97 Å². The number of aromatic nitrogens is 2. The highest BCUT2D eigenvalue weighted by Gasteiger charge is 2.17. The van der Waals surface area contributed by atoms with E-state index in [1.165, 1.54) is 7.11 Å². The zero-order valence-electron chi connectivity index (χ0n) is 7.41. The molecule has 0 amide bonds. The SMILES string of the molecule is COc1ncc2c(n1)CCC(=O)C2. The Labute approximate surface area is 76.0 Å². The number of carbonyl (C=O) groups excluding carboxylic acids is 1. The molecule has 68 valence electrons. The van der Waals surface area contributed by atoms with E-state index in [9.17, 15) is 4.79 Å². The number of rotatable bonds is 1. The van der Waals surface area contributed by atoms with Crippen molar-refractivity contribution in [1.29, 1.82) is 0 Å². The Kier molecular flexibility index (Phi) is 1.96. The van der Waals surface area contributed by atoms with Crippen LogP contribution in [0.15, 0.2) is 6.20 Å². The van der Waals surface area contributed by atoms with Gasteiger partial charge in [0.1, 0.15) is 5.78 Å². The predicted octanol–water partition coefficient (Wildman–Crippen LogP) is 0.543. The average molecular weight is 178 g/mol. The molecule has 0 saturated heterocycles. The van der Waals surface area contributed by atoms with Crippen LogP contribution >= 0.6 is 0 Å². The Morgan fingerprint density at radius 2 is 2.31 bits per heavy atom. The van der Waals surface area contributed by atoms with Gasteiger partial charge in [0.25, 0.3) is 0 Å². The molecule has 1 aromatic heterocycles. The summed E-state index contributed by atoms with van der Waals surface area (Å²) in [5.74, 6) is 0.265. The van der Waals surface area contributed by atoms with Crippen LogP contribution in [0.4, 0.5) is 0 Å². The first-order valence-electron chi connectivity index (χ1n) is 4.20. The fraction of sp³-hybridized carbons (Fsp3) is 0.444. The zero-order chi connectivity index (χ0) is 9.26. The summed E-state index contributed by atoms with van der Waals surface area (Å²) in [6, 6.07) is 0.382. The molecule has 1 aliphatic carbocycles. The van der Waals surface area contributed by atoms with Gasteiger partial charge in [-0.15, -0.1) is 0 Å². The van der Waals surface area contributed by atoms with Crippen molar-refractivity contribution in [2.45, 2.75) is 19.3 Å². The Morgan fingerprint density at radius 1 is 1.46 bits per heavy atom. The van der Waals surface area contributed by atoms with Crippen molar-refractivity contribution in [2.24, 2.45) is 0 Å². The number of nitrogens with zero attached hydrogens (tertiary/aromatic N) is 2. The van der Waals surface area contributed by atoms with E-state index < -0.39 is 0 Å². The van der Waals surface area contributed by atoms with E-state index in [1.807, 2.05) is 0 Å². The molecule has 4 heteroatoms. The van der Waals surface area contributed by atoms with E-state index in [0.717, 1.165) is 11.3 Å². The summed E-state index contributed by atoms with van der Waals surface area (Å²) >= 11 is 0. The highest BCUT2D eigenvalue weighted by Crippen LogP contribution is 2.17. The first kappa shape index (κ1) is 8.16. The number of methoxy groups -OCH3 is 1. The van der Waals surface area contributed by atoms with Gasteiger partial charge >= 0.3 is 6.01 Å². The number of ether oxygens (including phenoxy) is 1. The number of hydrogen-bond donors (Lipinski definition) is 0. The van der Waals surface area contributed by atoms with E-state index in [0.29, 0.717) is 25.3 Å². The fourth-order valence-corrected chi connectivity index (χ4v) is 1.44. The maximum absolute atomic E-state index is 11.1. The van der Waals surface area contributed by atoms with Gasteiger partial charge in [0, 0.05) is 19.0 Å². The Balaban J connectivity index is 2.36. The minimum Gasteiger partial charge on any atom is -0.467 e. The smallest absolute Gasteiger partial charge is 0.316 e. The molecular weight excluding hydrogens is 168 g/mol. The van der Waals surface area contributed by atoms with Crippen LogP contribution in [0.1, 0.15) is 17.7 Å². The van der Waals surface area contributed by atoms with Gasteiger partial charge < -0.3 is 4.74 Å². The third kappa shape index (κ3) is 1.52. The van der Waals surface area contributed by atoms with Gasteiger partial charge in [-0.1, -0.05) is 0 Å². The zero-order valence-corrected chi connectivity index (χ0v) is 7.41. The molecule has 0 radical (unpaired) electrons. The molecule has 0 aliphatic heterocycles. The predicted molar refractivity (Wildman–Crippen MR) is 45.6 cm³/mol. The van der Waals surface area contributed by atoms with Crippen molar-refractivity contribution >= 4 is 5.78 Å². The van der Waals surface area contributed by atoms with Crippen LogP contribution in [0.2, 0.25) is 0 Å². The highest BCUT2D eigenvalue weighted by molar-refractivity contribution is 5.82. The topological polar surface area (TPSA) is 52.1 Å². The van der Waals surface area contributed by atoms with Crippen LogP contribution in [0.5, 0.6) is 6.01 Å². The minimum absolute atomic E-state index is 0.265. The molecule has 0 fully saturated rings. The quantitative estimate of drug-likeness (QED) is 0.630. The Morgan fingerprint density at radius 3 is 3.08 bits per heavy atom. The molecule has 0 unspecified atom stereocenters. The van der Waals surface area contributed by atoms with E-state index in [-0.39, 0.29) is 5.78 Å². The molecular formula is C9H10N2O2. The normalized spacial score (nSPS) is 15.3. The van der Waals surface area contributed by atoms with Crippen LogP contribution in [0.25, 0.3) is 0 Å². The van der Waals surface area contributed by atoms with Gasteiger partial charge in [-0.05, 0) is 12.0 Å². The summed E-state index contributed by atoms with van der Waals surface area (Å²) < 4.78 is 4.90. The third-order valence-electron chi connectivity index (χ3n) is 2.14. The number of carbonyl (C=O) groups is 1. The lowest BCUT2D eigenvalue weighted by Gasteiger charge is -2.13. The van der Waals surface area contributed by atoms with Crippen molar-refractivity contribution in [3.05, 3.63) is 17.5 Å². The lowest BCUT2D eigenvalue weighted by atomic mass is 9.96. The van der Waals surface area contributed by atoms with Gasteiger partial charge in [0.05, 0.1) is 12.8 Å². The van der Waals surface area contributed by atoms with Gasteiger partial charge in [-0.25, -0.2) is 4.98 Å². The number of hydrogen-bond acceptors (Lipinski definition) is 4. The van der Waals surface area contributed by atoms with Gasteiger partial charge in [-0.3, -0.25) is 4.79 Å². The van der Waals surface area contributed by atoms with Crippen LogP contribution < -0.4 is 4.74 Å². The lowest BCUT2D eigenvalue weighted by Crippen LogP contribution is -2.15. The van der Waals surface area contributed by atoms with Gasteiger partial charge in [-0.2, -0.15) is 4.98 Å². The first-order chi connectivity index (χ1) is 6.29. The molecule has 0 N–H and O–H groups in total. The lowest BCUT2D eigenvalue weighted by molar-refractivity contribution is -0.118. The molecule has 1 heterocycles. The number of Topliss-reactive ketones (excluding diaryl/α,β-unsaturated/α-hetero) is 1. The molecule has 4 nitrogen and oxygen atoms in total. The van der Waals surface area contributed by atoms with E-state index in [4.69, 9.17) is 4.74 Å². The molecule has 13 heavy (non-hydrogen) atoms. The second kappa shape index (κ2) is 3.12. The van der Waals surface area contributed by atoms with E-state index >= 15 is 0 Å². The Hall–Kier alpha value is -1.45. The monoisotopic (exact) mass is 178 g/mol. The maximum Gasteiger partial charge on any atom is 0.316 e. The fourth-order valence-electron chi connectivity index (χ4n) is 1.44. The van der Waals surface area contributed by atoms with Crippen LogP contribution in [0, 0.1) is 0 Å². The molecule has 0 aromatic carbocycles. The summed E-state index contributed by atoms with van der Waals surface area (Å²) in [5, 5.41) is 0. The second-order valence-corrected chi connectivity index (χ2v) is 3.04. The van der Waals surface area contributed by atoms with Gasteiger partial charge in [0.2, 0.25) is 0 Å². The summed E-state index contributed by atoms with van der Waals surface area (Å²) in [6.07, 6.45) is 3.46. The molecule has 0 bridgehead atoms. The average Bonchev–Trinajstić information content (AvgIpc) is 2.17. The largest absolute Gasteiger partial charge is 0.467 e. The molecule has 1 aromatic rings. The van der Waals surface area contributed by atoms with Crippen LogP contribution in [-0.2, 0) is 17.6 Å². The molecule has 0 atom stereocenters. The third-order valence-corrected chi connectivity index (χ3v) is 2.14. The molecule has 1 aliphatic rings. The van der Waals surface area contributed by atoms with E-state index in [1.54, 1.807) is 6.20 Å². The minimum atomic E-state index is 0.265. The summed E-state index contributed by atoms with van der Waals surface area (Å²) in [4.78, 5) is 19.2. The first-order valence-corrected chi connectivity index (χ1v) is 4.20. The Bertz CT molecular complexity index is 349. The number of aryl methyl sites for hydroxylation is 1. The molecule has 2 rings (SSSR count). The molecule has 0 saturated carbocycles. The second-order valence-electron chi connectivity index (χ2n) is 3.04. The summed E-state index contributed by atoms with van der Waals surface area (Å²) in [6.45, 7) is 0. The van der Waals surface area contributed by atoms with Crippen molar-refractivity contribution in [1.82, 2.24) is 9.97 Å². The van der Waals surface area contributed by atoms with Crippen LogP contribution in [-0.4, -0.2) is 22.9 Å². The van der Waals surface area contributed by atoms with Crippen molar-refractivity contribution < 1.29 is 9.53 Å². The van der Waals surface area contributed by atoms with Crippen LogP contribution in [0.3, 0.4) is 0 Å². The summed E-state index contributed by atoms with van der Waals surface area (Å²) in [5.41, 5.74) is 1.89. The standard InChI is InChI=1S/C9H10N2O2/c1-13-9-10-5-6-4-7(12)2-3-8(6)11-9/h5H,2-4H2,1H3. The number of ketones is 1. The number of fused-ring (bicyclic) bond motifs is 1. The van der Waals surface area contributed by atoms with Crippen molar-refractivity contribution in [3.63, 3.8) is 0 Å². The van der Waals surface area contributed by atoms with Gasteiger partial charge in [0.15, 0.2) is 0 Å².